The SMILES string of the molecule is Nc1cccc(-c2nc3c(Cl)cc(Cl)cc3[nH]2)c1. The van der Waals surface area contributed by atoms with Crippen molar-refractivity contribution in [1.82, 2.24) is 9.97 Å². The van der Waals surface area contributed by atoms with E-state index in [0.717, 1.165) is 16.9 Å². The zero-order chi connectivity index (χ0) is 12.7. The number of nitrogen functional groups attached to an aromatic ring is 1. The molecule has 2 aromatic carbocycles. The van der Waals surface area contributed by atoms with Gasteiger partial charge in [-0.05, 0) is 24.3 Å². The van der Waals surface area contributed by atoms with Gasteiger partial charge in [0.2, 0.25) is 0 Å². The minimum absolute atomic E-state index is 0.531. The second-order valence-electron chi connectivity index (χ2n) is 3.99. The van der Waals surface area contributed by atoms with Crippen LogP contribution in [0.25, 0.3) is 22.4 Å². The first-order valence-corrected chi connectivity index (χ1v) is 6.10. The summed E-state index contributed by atoms with van der Waals surface area (Å²) in [5.74, 6) is 0.724. The molecule has 0 saturated carbocycles. The van der Waals surface area contributed by atoms with E-state index < -0.39 is 0 Å². The summed E-state index contributed by atoms with van der Waals surface area (Å²) in [5.41, 5.74) is 8.88. The van der Waals surface area contributed by atoms with Gasteiger partial charge >= 0.3 is 0 Å². The minimum atomic E-state index is 0.531. The highest BCUT2D eigenvalue weighted by molar-refractivity contribution is 6.38. The van der Waals surface area contributed by atoms with Crippen molar-refractivity contribution in [2.45, 2.75) is 0 Å². The molecule has 0 unspecified atom stereocenters. The lowest BCUT2D eigenvalue weighted by Crippen LogP contribution is -1.86. The third kappa shape index (κ3) is 1.92. The number of H-pyrrole nitrogens is 1. The highest BCUT2D eigenvalue weighted by Gasteiger charge is 2.09. The van der Waals surface area contributed by atoms with Crippen LogP contribution in [-0.2, 0) is 0 Å². The van der Waals surface area contributed by atoms with Gasteiger partial charge in [-0.3, -0.25) is 0 Å². The van der Waals surface area contributed by atoms with Gasteiger partial charge < -0.3 is 10.7 Å². The standard InChI is InChI=1S/C13H9Cl2N3/c14-8-5-10(15)12-11(6-8)17-13(18-12)7-2-1-3-9(16)4-7/h1-6H,16H2,(H,17,18). The summed E-state index contributed by atoms with van der Waals surface area (Å²) in [5, 5.41) is 1.11. The number of imidazole rings is 1. The molecular formula is C13H9Cl2N3. The highest BCUT2D eigenvalue weighted by atomic mass is 35.5. The average molecular weight is 278 g/mol. The van der Waals surface area contributed by atoms with E-state index in [2.05, 4.69) is 9.97 Å². The number of nitrogens with one attached hydrogen (secondary N) is 1. The van der Waals surface area contributed by atoms with E-state index in [0.29, 0.717) is 21.2 Å². The third-order valence-electron chi connectivity index (χ3n) is 2.66. The summed E-state index contributed by atoms with van der Waals surface area (Å²) < 4.78 is 0. The number of halogens is 2. The number of aromatic nitrogens is 2. The maximum absolute atomic E-state index is 6.10. The largest absolute Gasteiger partial charge is 0.399 e. The number of hydrogen-bond donors (Lipinski definition) is 2. The van der Waals surface area contributed by atoms with Gasteiger partial charge in [-0.2, -0.15) is 0 Å². The molecule has 0 radical (unpaired) electrons. The number of rotatable bonds is 1. The van der Waals surface area contributed by atoms with Gasteiger partial charge in [0.25, 0.3) is 0 Å². The van der Waals surface area contributed by atoms with Gasteiger partial charge in [0.05, 0.1) is 10.5 Å². The van der Waals surface area contributed by atoms with Crippen LogP contribution in [0.4, 0.5) is 5.69 Å². The molecule has 3 aromatic rings. The van der Waals surface area contributed by atoms with E-state index in [1.807, 2.05) is 24.3 Å². The van der Waals surface area contributed by atoms with E-state index in [9.17, 15) is 0 Å². The number of nitrogens with zero attached hydrogens (tertiary/aromatic N) is 1. The van der Waals surface area contributed by atoms with Gasteiger partial charge in [0.1, 0.15) is 11.3 Å². The summed E-state index contributed by atoms with van der Waals surface area (Å²) in [7, 11) is 0. The number of nitrogens with two attached hydrogens (primary N) is 1. The number of benzene rings is 2. The van der Waals surface area contributed by atoms with E-state index in [4.69, 9.17) is 28.9 Å². The molecule has 0 bridgehead atoms. The summed E-state index contributed by atoms with van der Waals surface area (Å²) in [6.07, 6.45) is 0. The van der Waals surface area contributed by atoms with Gasteiger partial charge in [0.15, 0.2) is 0 Å². The van der Waals surface area contributed by atoms with E-state index >= 15 is 0 Å². The Kier molecular flexibility index (Phi) is 2.65. The van der Waals surface area contributed by atoms with Gasteiger partial charge in [-0.25, -0.2) is 4.98 Å². The Balaban J connectivity index is 2.22. The predicted octanol–water partition coefficient (Wildman–Crippen LogP) is 4.12. The second kappa shape index (κ2) is 4.19. The fraction of sp³-hybridized carbons (Fsp3) is 0. The van der Waals surface area contributed by atoms with Crippen molar-refractivity contribution in [2.24, 2.45) is 0 Å². The monoisotopic (exact) mass is 277 g/mol. The van der Waals surface area contributed by atoms with Crippen molar-refractivity contribution in [3.8, 4) is 11.4 Å². The minimum Gasteiger partial charge on any atom is -0.399 e. The molecule has 3 nitrogen and oxygen atoms in total. The number of anilines is 1. The van der Waals surface area contributed by atoms with Crippen LogP contribution in [-0.4, -0.2) is 9.97 Å². The van der Waals surface area contributed by atoms with Crippen LogP contribution in [0.1, 0.15) is 0 Å². The molecule has 3 N–H and O–H groups in total. The fourth-order valence-electron chi connectivity index (χ4n) is 1.86. The van der Waals surface area contributed by atoms with Crippen LogP contribution in [0.2, 0.25) is 10.0 Å². The van der Waals surface area contributed by atoms with Crippen LogP contribution >= 0.6 is 23.2 Å². The quantitative estimate of drug-likeness (QED) is 0.658. The normalized spacial score (nSPS) is 11.0. The first kappa shape index (κ1) is 11.4. The first-order valence-electron chi connectivity index (χ1n) is 5.34. The molecule has 0 aliphatic rings. The fourth-order valence-corrected chi connectivity index (χ4v) is 2.40. The molecule has 90 valence electrons. The van der Waals surface area contributed by atoms with E-state index in [1.54, 1.807) is 12.1 Å². The maximum atomic E-state index is 6.10. The Morgan fingerprint density at radius 1 is 1.11 bits per heavy atom. The van der Waals surface area contributed by atoms with Crippen LogP contribution < -0.4 is 5.73 Å². The molecule has 0 spiro atoms. The Hall–Kier alpha value is -1.71. The summed E-state index contributed by atoms with van der Waals surface area (Å²) in [6.45, 7) is 0. The molecule has 3 rings (SSSR count). The Morgan fingerprint density at radius 2 is 1.94 bits per heavy atom. The molecular weight excluding hydrogens is 269 g/mol. The van der Waals surface area contributed by atoms with Crippen molar-refractivity contribution in [1.29, 1.82) is 0 Å². The lowest BCUT2D eigenvalue weighted by atomic mass is 10.2. The maximum Gasteiger partial charge on any atom is 0.138 e. The molecule has 0 atom stereocenters. The average Bonchev–Trinajstić information content (AvgIpc) is 2.73. The molecule has 1 heterocycles. The molecule has 1 aromatic heterocycles. The van der Waals surface area contributed by atoms with Gasteiger partial charge in [-0.15, -0.1) is 0 Å². The van der Waals surface area contributed by atoms with Crippen LogP contribution in [0.5, 0.6) is 0 Å². The van der Waals surface area contributed by atoms with E-state index in [-0.39, 0.29) is 0 Å². The lowest BCUT2D eigenvalue weighted by Gasteiger charge is -1.97. The topological polar surface area (TPSA) is 54.7 Å². The number of aromatic amines is 1. The van der Waals surface area contributed by atoms with Crippen molar-refractivity contribution in [3.63, 3.8) is 0 Å². The van der Waals surface area contributed by atoms with Gasteiger partial charge in [0, 0.05) is 16.3 Å². The summed E-state index contributed by atoms with van der Waals surface area (Å²) in [4.78, 5) is 7.65. The Bertz CT molecular complexity index is 734. The molecule has 18 heavy (non-hydrogen) atoms. The smallest absolute Gasteiger partial charge is 0.138 e. The summed E-state index contributed by atoms with van der Waals surface area (Å²) in [6, 6.07) is 11.0. The molecule has 0 aliphatic heterocycles. The zero-order valence-electron chi connectivity index (χ0n) is 9.24. The van der Waals surface area contributed by atoms with Crippen molar-refractivity contribution in [2.75, 3.05) is 5.73 Å². The highest BCUT2D eigenvalue weighted by Crippen LogP contribution is 2.29. The molecule has 0 aliphatic carbocycles. The van der Waals surface area contributed by atoms with Crippen LogP contribution in [0.3, 0.4) is 0 Å². The molecule has 0 fully saturated rings. The van der Waals surface area contributed by atoms with Gasteiger partial charge in [-0.1, -0.05) is 35.3 Å². The molecule has 5 heteroatoms. The van der Waals surface area contributed by atoms with Crippen molar-refractivity contribution in [3.05, 3.63) is 46.4 Å². The van der Waals surface area contributed by atoms with Crippen molar-refractivity contribution >= 4 is 39.9 Å². The Labute approximate surface area is 114 Å². The van der Waals surface area contributed by atoms with Crippen LogP contribution in [0.15, 0.2) is 36.4 Å². The number of fused-ring (bicyclic) bond motifs is 1. The van der Waals surface area contributed by atoms with Crippen LogP contribution in [0, 0.1) is 0 Å². The molecule has 0 saturated heterocycles. The second-order valence-corrected chi connectivity index (χ2v) is 4.84. The lowest BCUT2D eigenvalue weighted by molar-refractivity contribution is 1.34. The Morgan fingerprint density at radius 3 is 2.72 bits per heavy atom. The predicted molar refractivity (Wildman–Crippen MR) is 76.0 cm³/mol. The van der Waals surface area contributed by atoms with E-state index in [1.165, 1.54) is 0 Å². The zero-order valence-corrected chi connectivity index (χ0v) is 10.8. The summed E-state index contributed by atoms with van der Waals surface area (Å²) >= 11 is 12.1. The van der Waals surface area contributed by atoms with Crippen molar-refractivity contribution < 1.29 is 0 Å². The number of hydrogen-bond acceptors (Lipinski definition) is 2. The third-order valence-corrected chi connectivity index (χ3v) is 3.17. The molecule has 0 amide bonds. The first-order chi connectivity index (χ1) is 8.63.